The fourth-order valence-electron chi connectivity index (χ4n) is 2.99. The summed E-state index contributed by atoms with van der Waals surface area (Å²) in [4.78, 5) is 6.74. The van der Waals surface area contributed by atoms with Crippen LogP contribution in [0, 0.1) is 0 Å². The average Bonchev–Trinajstić information content (AvgIpc) is 2.70. The molecule has 1 aromatic rings. The van der Waals surface area contributed by atoms with Crippen molar-refractivity contribution >= 4 is 29.9 Å². The molecule has 1 aromatic carbocycles. The second-order valence-corrected chi connectivity index (χ2v) is 6.88. The second-order valence-electron chi connectivity index (χ2n) is 6.88. The van der Waals surface area contributed by atoms with Crippen molar-refractivity contribution in [1.82, 2.24) is 15.5 Å². The summed E-state index contributed by atoms with van der Waals surface area (Å²) in [7, 11) is 1.81. The summed E-state index contributed by atoms with van der Waals surface area (Å²) in [6, 6.07) is 8.77. The van der Waals surface area contributed by atoms with Gasteiger partial charge in [0.05, 0.1) is 13.2 Å². The number of morpholine rings is 1. The quantitative estimate of drug-likeness (QED) is 0.210. The standard InChI is InChI=1S/C21H36N4O2.HI/c1-3-4-12-26-13-6-9-23-21(22-2)24-17-19-7-5-8-20(16-19)18-25-10-14-27-15-11-25;/h5,7-8,16H,3-4,6,9-15,17-18H2,1-2H3,(H2,22,23,24);1H. The molecule has 6 nitrogen and oxygen atoms in total. The molecule has 1 saturated heterocycles. The predicted molar refractivity (Wildman–Crippen MR) is 126 cm³/mol. The van der Waals surface area contributed by atoms with Gasteiger partial charge in [0.1, 0.15) is 0 Å². The lowest BCUT2D eigenvalue weighted by molar-refractivity contribution is 0.0342. The normalized spacial score (nSPS) is 15.1. The number of hydrogen-bond donors (Lipinski definition) is 2. The first-order chi connectivity index (χ1) is 13.3. The number of rotatable bonds is 11. The number of aliphatic imine (C=N–C) groups is 1. The van der Waals surface area contributed by atoms with Gasteiger partial charge in [-0.2, -0.15) is 0 Å². The van der Waals surface area contributed by atoms with Gasteiger partial charge in [0, 0.05) is 53.0 Å². The van der Waals surface area contributed by atoms with Gasteiger partial charge < -0.3 is 20.1 Å². The van der Waals surface area contributed by atoms with Gasteiger partial charge in [-0.1, -0.05) is 37.6 Å². The molecule has 0 radical (unpaired) electrons. The molecular weight excluding hydrogens is 467 g/mol. The Morgan fingerprint density at radius 1 is 1.14 bits per heavy atom. The van der Waals surface area contributed by atoms with E-state index in [4.69, 9.17) is 9.47 Å². The van der Waals surface area contributed by atoms with Crippen LogP contribution in [0.2, 0.25) is 0 Å². The Morgan fingerprint density at radius 2 is 1.89 bits per heavy atom. The molecule has 1 aliphatic rings. The van der Waals surface area contributed by atoms with Crippen LogP contribution in [0.5, 0.6) is 0 Å². The van der Waals surface area contributed by atoms with E-state index in [0.29, 0.717) is 0 Å². The smallest absolute Gasteiger partial charge is 0.191 e. The van der Waals surface area contributed by atoms with Crippen molar-refractivity contribution in [1.29, 1.82) is 0 Å². The molecule has 1 aliphatic heterocycles. The van der Waals surface area contributed by atoms with E-state index in [1.54, 1.807) is 0 Å². The van der Waals surface area contributed by atoms with Gasteiger partial charge in [0.15, 0.2) is 5.96 Å². The summed E-state index contributed by atoms with van der Waals surface area (Å²) < 4.78 is 11.0. The van der Waals surface area contributed by atoms with Crippen LogP contribution in [0.1, 0.15) is 37.3 Å². The molecule has 28 heavy (non-hydrogen) atoms. The van der Waals surface area contributed by atoms with Crippen molar-refractivity contribution in [3.05, 3.63) is 35.4 Å². The minimum Gasteiger partial charge on any atom is -0.381 e. The topological polar surface area (TPSA) is 58.1 Å². The van der Waals surface area contributed by atoms with Crippen molar-refractivity contribution in [2.24, 2.45) is 4.99 Å². The zero-order valence-corrected chi connectivity index (χ0v) is 19.7. The molecular formula is C21H37IN4O2. The molecule has 0 aliphatic carbocycles. The van der Waals surface area contributed by atoms with Gasteiger partial charge >= 0.3 is 0 Å². The molecule has 0 aromatic heterocycles. The van der Waals surface area contributed by atoms with E-state index in [9.17, 15) is 0 Å². The zero-order chi connectivity index (χ0) is 19.2. The molecule has 160 valence electrons. The van der Waals surface area contributed by atoms with Crippen molar-refractivity contribution in [3.63, 3.8) is 0 Å². The van der Waals surface area contributed by atoms with Gasteiger partial charge in [-0.25, -0.2) is 0 Å². The third-order valence-corrected chi connectivity index (χ3v) is 4.58. The summed E-state index contributed by atoms with van der Waals surface area (Å²) in [5.41, 5.74) is 2.62. The first kappa shape index (κ1) is 25.1. The van der Waals surface area contributed by atoms with Crippen LogP contribution in [0.15, 0.2) is 29.3 Å². The predicted octanol–water partition coefficient (Wildman–Crippen LogP) is 3.01. The summed E-state index contributed by atoms with van der Waals surface area (Å²) in [6.07, 6.45) is 3.31. The molecule has 1 fully saturated rings. The average molecular weight is 504 g/mol. The molecule has 2 rings (SSSR count). The van der Waals surface area contributed by atoms with Gasteiger partial charge in [-0.05, 0) is 24.0 Å². The van der Waals surface area contributed by atoms with Gasteiger partial charge in [-0.15, -0.1) is 24.0 Å². The molecule has 0 spiro atoms. The summed E-state index contributed by atoms with van der Waals surface area (Å²) in [5, 5.41) is 6.74. The van der Waals surface area contributed by atoms with E-state index in [1.807, 2.05) is 7.05 Å². The fourth-order valence-corrected chi connectivity index (χ4v) is 2.99. The van der Waals surface area contributed by atoms with E-state index in [-0.39, 0.29) is 24.0 Å². The van der Waals surface area contributed by atoms with Crippen LogP contribution in [-0.2, 0) is 22.6 Å². The Labute approximate surface area is 187 Å². The van der Waals surface area contributed by atoms with Gasteiger partial charge in [0.25, 0.3) is 0 Å². The first-order valence-corrected chi connectivity index (χ1v) is 10.2. The third kappa shape index (κ3) is 10.6. The number of benzene rings is 1. The van der Waals surface area contributed by atoms with Crippen LogP contribution >= 0.6 is 24.0 Å². The van der Waals surface area contributed by atoms with Crippen LogP contribution < -0.4 is 10.6 Å². The fraction of sp³-hybridized carbons (Fsp3) is 0.667. The lowest BCUT2D eigenvalue weighted by atomic mass is 10.1. The zero-order valence-electron chi connectivity index (χ0n) is 17.4. The lowest BCUT2D eigenvalue weighted by Gasteiger charge is -2.26. The second kappa shape index (κ2) is 16.0. The maximum atomic E-state index is 5.58. The number of unbranched alkanes of at least 4 members (excludes halogenated alkanes) is 1. The number of guanidine groups is 1. The van der Waals surface area contributed by atoms with E-state index < -0.39 is 0 Å². The molecule has 7 heteroatoms. The molecule has 0 atom stereocenters. The molecule has 2 N–H and O–H groups in total. The van der Waals surface area contributed by atoms with Crippen LogP contribution in [0.3, 0.4) is 0 Å². The van der Waals surface area contributed by atoms with E-state index >= 15 is 0 Å². The van der Waals surface area contributed by atoms with Crippen LogP contribution in [0.4, 0.5) is 0 Å². The Bertz CT molecular complexity index is 551. The highest BCUT2D eigenvalue weighted by Crippen LogP contribution is 2.10. The Kier molecular flexibility index (Phi) is 14.3. The molecule has 0 bridgehead atoms. The highest BCUT2D eigenvalue weighted by Gasteiger charge is 2.10. The monoisotopic (exact) mass is 504 g/mol. The Morgan fingerprint density at radius 3 is 2.64 bits per heavy atom. The van der Waals surface area contributed by atoms with E-state index in [1.165, 1.54) is 17.5 Å². The maximum Gasteiger partial charge on any atom is 0.191 e. The number of hydrogen-bond acceptors (Lipinski definition) is 4. The molecule has 1 heterocycles. The van der Waals surface area contributed by atoms with Crippen molar-refractivity contribution < 1.29 is 9.47 Å². The van der Waals surface area contributed by atoms with Gasteiger partial charge in [-0.3, -0.25) is 9.89 Å². The minimum atomic E-state index is 0. The van der Waals surface area contributed by atoms with E-state index in [2.05, 4.69) is 51.7 Å². The molecule has 0 unspecified atom stereocenters. The first-order valence-electron chi connectivity index (χ1n) is 10.2. The molecule has 0 saturated carbocycles. The summed E-state index contributed by atoms with van der Waals surface area (Å²) in [6.45, 7) is 10.2. The van der Waals surface area contributed by atoms with E-state index in [0.717, 1.165) is 78.0 Å². The van der Waals surface area contributed by atoms with Crippen LogP contribution in [0.25, 0.3) is 0 Å². The SMILES string of the molecule is CCCCOCCCNC(=NC)NCc1cccc(CN2CCOCC2)c1.I. The maximum absolute atomic E-state index is 5.58. The summed E-state index contributed by atoms with van der Waals surface area (Å²) in [5.74, 6) is 0.835. The number of ether oxygens (including phenoxy) is 2. The van der Waals surface area contributed by atoms with Crippen molar-refractivity contribution in [3.8, 4) is 0 Å². The van der Waals surface area contributed by atoms with Crippen molar-refractivity contribution in [2.45, 2.75) is 39.3 Å². The minimum absolute atomic E-state index is 0. The number of nitrogens with zero attached hydrogens (tertiary/aromatic N) is 2. The Hall–Kier alpha value is -0.900. The summed E-state index contributed by atoms with van der Waals surface area (Å²) >= 11 is 0. The highest BCUT2D eigenvalue weighted by molar-refractivity contribution is 14.0. The van der Waals surface area contributed by atoms with Crippen molar-refractivity contribution in [2.75, 3.05) is 53.1 Å². The third-order valence-electron chi connectivity index (χ3n) is 4.58. The number of nitrogens with one attached hydrogen (secondary N) is 2. The Balaban J connectivity index is 0.00000392. The highest BCUT2D eigenvalue weighted by atomic mass is 127. The largest absolute Gasteiger partial charge is 0.381 e. The lowest BCUT2D eigenvalue weighted by Crippen LogP contribution is -2.37. The number of halogens is 1. The van der Waals surface area contributed by atoms with Crippen LogP contribution in [-0.4, -0.2) is 64.0 Å². The van der Waals surface area contributed by atoms with Gasteiger partial charge in [0.2, 0.25) is 0 Å². The molecule has 0 amide bonds.